The molecule has 27 heavy (non-hydrogen) atoms. The van der Waals surface area contributed by atoms with Gasteiger partial charge in [-0.15, -0.1) is 0 Å². The van der Waals surface area contributed by atoms with Crippen LogP contribution in [0.25, 0.3) is 0 Å². The summed E-state index contributed by atoms with van der Waals surface area (Å²) < 4.78 is 0. The Morgan fingerprint density at radius 1 is 1.07 bits per heavy atom. The summed E-state index contributed by atoms with van der Waals surface area (Å²) in [6.07, 6.45) is 0. The summed E-state index contributed by atoms with van der Waals surface area (Å²) in [5.74, 6) is -1.01. The van der Waals surface area contributed by atoms with Crippen molar-refractivity contribution in [3.8, 4) is 0 Å². The second-order valence-electron chi connectivity index (χ2n) is 7.00. The van der Waals surface area contributed by atoms with E-state index in [1.165, 1.54) is 15.9 Å². The zero-order valence-corrected chi connectivity index (χ0v) is 15.9. The molecule has 1 heterocycles. The van der Waals surface area contributed by atoms with Crippen LogP contribution >= 0.6 is 0 Å². The predicted octanol–water partition coefficient (Wildman–Crippen LogP) is 2.52. The molecule has 0 saturated carbocycles. The van der Waals surface area contributed by atoms with Gasteiger partial charge in [0.2, 0.25) is 0 Å². The number of amides is 3. The van der Waals surface area contributed by atoms with Crippen LogP contribution in [0.1, 0.15) is 49.1 Å². The number of nitrogens with two attached hydrogens (primary N) is 1. The Hall–Kier alpha value is -2.99. The summed E-state index contributed by atoms with van der Waals surface area (Å²) in [6.45, 7) is 5.95. The highest BCUT2D eigenvalue weighted by Gasteiger charge is 2.38. The molecular weight excluding hydrogens is 342 g/mol. The molecule has 1 atom stereocenters. The van der Waals surface area contributed by atoms with Crippen LogP contribution in [-0.2, 0) is 0 Å². The zero-order valence-electron chi connectivity index (χ0n) is 15.9. The number of fused-ring (bicyclic) bond motifs is 1. The molecule has 0 bridgehead atoms. The molecule has 3 amide bonds. The van der Waals surface area contributed by atoms with Gasteiger partial charge in [0.1, 0.15) is 0 Å². The van der Waals surface area contributed by atoms with Crippen molar-refractivity contribution in [2.24, 2.45) is 5.73 Å². The maximum absolute atomic E-state index is 13.0. The van der Waals surface area contributed by atoms with Crippen LogP contribution in [0.2, 0.25) is 0 Å². The fourth-order valence-electron chi connectivity index (χ4n) is 3.11. The number of imide groups is 1. The Morgan fingerprint density at radius 3 is 2.41 bits per heavy atom. The molecule has 1 aliphatic rings. The number of carbonyl (C=O) groups excluding carboxylic acids is 3. The maximum Gasteiger partial charge on any atom is 0.266 e. The van der Waals surface area contributed by atoms with Crippen LogP contribution in [0.4, 0.5) is 5.69 Å². The van der Waals surface area contributed by atoms with Crippen LogP contribution in [0.5, 0.6) is 0 Å². The summed E-state index contributed by atoms with van der Waals surface area (Å²) in [4.78, 5) is 41.2. The lowest BCUT2D eigenvalue weighted by Gasteiger charge is -2.23. The van der Waals surface area contributed by atoms with Crippen LogP contribution in [0.3, 0.4) is 0 Å². The molecule has 2 aromatic rings. The highest BCUT2D eigenvalue weighted by Crippen LogP contribution is 2.32. The van der Waals surface area contributed by atoms with Crippen molar-refractivity contribution in [1.29, 1.82) is 0 Å². The summed E-state index contributed by atoms with van der Waals surface area (Å²) in [5.41, 5.74) is 8.92. The lowest BCUT2D eigenvalue weighted by Crippen LogP contribution is -2.39. The highest BCUT2D eigenvalue weighted by atomic mass is 16.2. The predicted molar refractivity (Wildman–Crippen MR) is 104 cm³/mol. The molecular formula is C21H23N3O3. The lowest BCUT2D eigenvalue weighted by molar-refractivity contribution is 0.0748. The lowest BCUT2D eigenvalue weighted by atomic mass is 10.0. The summed E-state index contributed by atoms with van der Waals surface area (Å²) in [6, 6.07) is 10.1. The van der Waals surface area contributed by atoms with E-state index in [0.29, 0.717) is 23.4 Å². The molecule has 1 unspecified atom stereocenters. The highest BCUT2D eigenvalue weighted by molar-refractivity contribution is 6.35. The third-order valence-corrected chi connectivity index (χ3v) is 5.06. The van der Waals surface area contributed by atoms with Gasteiger partial charge in [-0.2, -0.15) is 0 Å². The Morgan fingerprint density at radius 2 is 1.74 bits per heavy atom. The second-order valence-corrected chi connectivity index (χ2v) is 7.00. The number of anilines is 1. The van der Waals surface area contributed by atoms with Crippen LogP contribution in [-0.4, -0.2) is 42.3 Å². The molecule has 0 fully saturated rings. The zero-order chi connectivity index (χ0) is 19.9. The fourth-order valence-corrected chi connectivity index (χ4v) is 3.11. The van der Waals surface area contributed by atoms with Gasteiger partial charge in [0.25, 0.3) is 17.7 Å². The molecule has 6 nitrogen and oxygen atoms in total. The van der Waals surface area contributed by atoms with E-state index in [4.69, 9.17) is 5.73 Å². The smallest absolute Gasteiger partial charge is 0.266 e. The van der Waals surface area contributed by atoms with Crippen molar-refractivity contribution in [3.05, 3.63) is 64.2 Å². The average molecular weight is 365 g/mol. The van der Waals surface area contributed by atoms with Crippen molar-refractivity contribution >= 4 is 23.4 Å². The van der Waals surface area contributed by atoms with Gasteiger partial charge in [-0.3, -0.25) is 14.4 Å². The van der Waals surface area contributed by atoms with Crippen molar-refractivity contribution in [1.82, 2.24) is 4.90 Å². The van der Waals surface area contributed by atoms with Gasteiger partial charge in [0.05, 0.1) is 16.8 Å². The molecule has 0 spiro atoms. The molecule has 3 rings (SSSR count). The topological polar surface area (TPSA) is 83.7 Å². The van der Waals surface area contributed by atoms with E-state index in [2.05, 4.69) is 0 Å². The number of hydrogen-bond acceptors (Lipinski definition) is 4. The van der Waals surface area contributed by atoms with Gasteiger partial charge in [-0.1, -0.05) is 12.1 Å². The van der Waals surface area contributed by atoms with Gasteiger partial charge >= 0.3 is 0 Å². The molecule has 0 aliphatic carbocycles. The Bertz CT molecular complexity index is 952. The molecule has 1 aliphatic heterocycles. The van der Waals surface area contributed by atoms with E-state index >= 15 is 0 Å². The first-order chi connectivity index (χ1) is 12.8. The Kier molecular flexibility index (Phi) is 4.85. The standard InChI is InChI=1S/C21H23N3O3/c1-12-5-6-13(2)18(9-12)24-20(26)16-8-7-15(10-17(16)21(24)27)19(25)23(4)14(3)11-22/h5-10,14H,11,22H2,1-4H3. The van der Waals surface area contributed by atoms with Crippen molar-refractivity contribution in [2.45, 2.75) is 26.8 Å². The van der Waals surface area contributed by atoms with E-state index in [-0.39, 0.29) is 23.4 Å². The minimum atomic E-state index is -0.409. The summed E-state index contributed by atoms with van der Waals surface area (Å²) in [7, 11) is 1.67. The van der Waals surface area contributed by atoms with Gasteiger partial charge in [0, 0.05) is 25.2 Å². The van der Waals surface area contributed by atoms with Crippen molar-refractivity contribution < 1.29 is 14.4 Å². The van der Waals surface area contributed by atoms with Gasteiger partial charge in [0.15, 0.2) is 0 Å². The third-order valence-electron chi connectivity index (χ3n) is 5.06. The first-order valence-electron chi connectivity index (χ1n) is 8.83. The van der Waals surface area contributed by atoms with Crippen molar-refractivity contribution in [3.63, 3.8) is 0 Å². The Labute approximate surface area is 158 Å². The summed E-state index contributed by atoms with van der Waals surface area (Å²) >= 11 is 0. The average Bonchev–Trinajstić information content (AvgIpc) is 2.92. The molecule has 6 heteroatoms. The fraction of sp³-hybridized carbons (Fsp3) is 0.286. The van der Waals surface area contributed by atoms with Crippen LogP contribution < -0.4 is 10.6 Å². The molecule has 2 aromatic carbocycles. The molecule has 0 saturated heterocycles. The van der Waals surface area contributed by atoms with Gasteiger partial charge in [-0.05, 0) is 56.2 Å². The monoisotopic (exact) mass is 365 g/mol. The van der Waals surface area contributed by atoms with E-state index in [9.17, 15) is 14.4 Å². The van der Waals surface area contributed by atoms with E-state index in [1.54, 1.807) is 19.2 Å². The van der Waals surface area contributed by atoms with Crippen LogP contribution in [0, 0.1) is 13.8 Å². The number of benzene rings is 2. The largest absolute Gasteiger partial charge is 0.338 e. The first kappa shape index (κ1) is 18.8. The minimum Gasteiger partial charge on any atom is -0.338 e. The number of rotatable bonds is 4. The van der Waals surface area contributed by atoms with Gasteiger partial charge < -0.3 is 10.6 Å². The van der Waals surface area contributed by atoms with Crippen molar-refractivity contribution in [2.75, 3.05) is 18.5 Å². The number of aryl methyl sites for hydroxylation is 2. The minimum absolute atomic E-state index is 0.130. The quantitative estimate of drug-likeness (QED) is 0.844. The van der Waals surface area contributed by atoms with Crippen LogP contribution in [0.15, 0.2) is 36.4 Å². The maximum atomic E-state index is 13.0. The number of hydrogen-bond donors (Lipinski definition) is 1. The van der Waals surface area contributed by atoms with E-state index < -0.39 is 5.91 Å². The van der Waals surface area contributed by atoms with Gasteiger partial charge in [-0.25, -0.2) is 4.90 Å². The molecule has 0 radical (unpaired) electrons. The molecule has 2 N–H and O–H groups in total. The number of carbonyl (C=O) groups is 3. The first-order valence-corrected chi connectivity index (χ1v) is 8.83. The normalized spacial score (nSPS) is 14.3. The van der Waals surface area contributed by atoms with E-state index in [1.807, 2.05) is 39.0 Å². The summed E-state index contributed by atoms with van der Waals surface area (Å²) in [5, 5.41) is 0. The SMILES string of the molecule is Cc1ccc(C)c(N2C(=O)c3ccc(C(=O)N(C)C(C)CN)cc3C2=O)c1. The number of likely N-dealkylation sites (N-methyl/N-ethyl adjacent to an activating group) is 1. The number of nitrogens with zero attached hydrogens (tertiary/aromatic N) is 2. The second kappa shape index (κ2) is 6.96. The Balaban J connectivity index is 2.00. The molecule has 0 aromatic heterocycles. The molecule has 140 valence electrons. The van der Waals surface area contributed by atoms with E-state index in [0.717, 1.165) is 11.1 Å². The third kappa shape index (κ3) is 3.13.